The summed E-state index contributed by atoms with van der Waals surface area (Å²) in [6.45, 7) is 0. The Balaban J connectivity index is 2.33. The van der Waals surface area contributed by atoms with E-state index in [1.165, 1.54) is 0 Å². The lowest BCUT2D eigenvalue weighted by Crippen LogP contribution is -2.20. The van der Waals surface area contributed by atoms with Crippen molar-refractivity contribution in [1.29, 1.82) is 0 Å². The first kappa shape index (κ1) is 10.8. The van der Waals surface area contributed by atoms with Gasteiger partial charge < -0.3 is 10.5 Å². The molecule has 1 aliphatic carbocycles. The molecule has 1 aliphatic rings. The normalized spacial score (nSPS) is 12.7. The van der Waals surface area contributed by atoms with Crippen LogP contribution in [0.4, 0.5) is 5.95 Å². The first-order valence-corrected chi connectivity index (χ1v) is 5.75. The lowest BCUT2D eigenvalue weighted by Gasteiger charge is -2.20. The summed E-state index contributed by atoms with van der Waals surface area (Å²) in [5.41, 5.74) is 8.71. The maximum atomic E-state index is 12.0. The van der Waals surface area contributed by atoms with E-state index in [0.717, 1.165) is 29.0 Å². The molecule has 0 radical (unpaired) electrons. The van der Waals surface area contributed by atoms with Gasteiger partial charge in [-0.1, -0.05) is 12.1 Å². The highest BCUT2D eigenvalue weighted by atomic mass is 16.5. The molecule has 0 fully saturated rings. The van der Waals surface area contributed by atoms with Crippen LogP contribution in [-0.4, -0.2) is 17.1 Å². The van der Waals surface area contributed by atoms with Crippen molar-refractivity contribution in [2.75, 3.05) is 12.8 Å². The van der Waals surface area contributed by atoms with Crippen molar-refractivity contribution in [3.05, 3.63) is 39.8 Å². The van der Waals surface area contributed by atoms with Gasteiger partial charge >= 0.3 is 0 Å². The second kappa shape index (κ2) is 3.87. The zero-order valence-corrected chi connectivity index (χ0v) is 9.99. The third-order valence-corrected chi connectivity index (χ3v) is 3.25. The van der Waals surface area contributed by atoms with Crippen LogP contribution in [0.2, 0.25) is 0 Å². The zero-order valence-electron chi connectivity index (χ0n) is 9.99. The second-order valence-electron chi connectivity index (χ2n) is 4.26. The Labute approximate surface area is 104 Å². The second-order valence-corrected chi connectivity index (χ2v) is 4.26. The van der Waals surface area contributed by atoms with Gasteiger partial charge in [0.1, 0.15) is 5.75 Å². The number of hydrogen-bond donors (Lipinski definition) is 2. The van der Waals surface area contributed by atoms with E-state index in [2.05, 4.69) is 9.97 Å². The van der Waals surface area contributed by atoms with Gasteiger partial charge in [-0.2, -0.15) is 0 Å². The number of nitrogen functional groups attached to an aromatic ring is 1. The molecule has 0 atom stereocenters. The van der Waals surface area contributed by atoms with Crippen LogP contribution < -0.4 is 16.0 Å². The molecule has 0 aliphatic heterocycles. The molecule has 92 valence electrons. The summed E-state index contributed by atoms with van der Waals surface area (Å²) in [6.07, 6.45) is 1.51. The number of rotatable bonds is 1. The first-order valence-electron chi connectivity index (χ1n) is 5.75. The van der Waals surface area contributed by atoms with E-state index < -0.39 is 0 Å². The number of benzene rings is 1. The van der Waals surface area contributed by atoms with Gasteiger partial charge in [0.15, 0.2) is 0 Å². The predicted octanol–water partition coefficient (Wildman–Crippen LogP) is 1.13. The number of methoxy groups -OCH3 is 1. The molecule has 0 bridgehead atoms. The molecule has 1 aromatic carbocycles. The molecule has 3 rings (SSSR count). The minimum Gasteiger partial charge on any atom is -0.496 e. The van der Waals surface area contributed by atoms with E-state index in [4.69, 9.17) is 10.5 Å². The number of nitrogens with two attached hydrogens (primary N) is 1. The van der Waals surface area contributed by atoms with Crippen LogP contribution in [0.1, 0.15) is 11.3 Å². The molecular weight excluding hydrogens is 230 g/mol. The standard InChI is InChI=1S/C13H13N3O2/c1-18-10-4-2-3-8-7(10)5-6-9-11(8)12(17)16-13(14)15-9/h2-4H,5-6H2,1H3,(H3,14,15,16,17). The smallest absolute Gasteiger partial charge is 0.260 e. The number of H-pyrrole nitrogens is 1. The third-order valence-electron chi connectivity index (χ3n) is 3.25. The Kier molecular flexibility index (Phi) is 2.33. The summed E-state index contributed by atoms with van der Waals surface area (Å²) < 4.78 is 5.33. The van der Waals surface area contributed by atoms with Gasteiger partial charge in [-0.25, -0.2) is 4.98 Å². The van der Waals surface area contributed by atoms with Gasteiger partial charge in [0.05, 0.1) is 18.4 Å². The fraction of sp³-hybridized carbons (Fsp3) is 0.231. The molecule has 0 saturated heterocycles. The lowest BCUT2D eigenvalue weighted by atomic mass is 9.88. The highest BCUT2D eigenvalue weighted by Gasteiger charge is 2.23. The van der Waals surface area contributed by atoms with Gasteiger partial charge in [0.25, 0.3) is 5.56 Å². The van der Waals surface area contributed by atoms with Gasteiger partial charge in [-0.15, -0.1) is 0 Å². The van der Waals surface area contributed by atoms with Crippen LogP contribution >= 0.6 is 0 Å². The summed E-state index contributed by atoms with van der Waals surface area (Å²) in [4.78, 5) is 18.8. The average Bonchev–Trinajstić information content (AvgIpc) is 2.36. The number of ether oxygens (including phenoxy) is 1. The first-order chi connectivity index (χ1) is 8.70. The Hall–Kier alpha value is -2.30. The number of nitrogens with one attached hydrogen (secondary N) is 1. The van der Waals surface area contributed by atoms with E-state index >= 15 is 0 Å². The SMILES string of the molecule is COc1cccc2c1CCc1nc(N)[nH]c(=O)c1-2. The molecule has 0 amide bonds. The van der Waals surface area contributed by atoms with Crippen LogP contribution in [0.5, 0.6) is 5.75 Å². The third kappa shape index (κ3) is 1.48. The van der Waals surface area contributed by atoms with Crippen LogP contribution in [-0.2, 0) is 12.8 Å². The minimum atomic E-state index is -0.188. The fourth-order valence-corrected chi connectivity index (χ4v) is 2.49. The van der Waals surface area contributed by atoms with Gasteiger partial charge in [-0.3, -0.25) is 9.78 Å². The van der Waals surface area contributed by atoms with Crippen molar-refractivity contribution < 1.29 is 4.74 Å². The molecule has 0 saturated carbocycles. The van der Waals surface area contributed by atoms with Crippen molar-refractivity contribution in [3.8, 4) is 16.9 Å². The molecule has 0 unspecified atom stereocenters. The van der Waals surface area contributed by atoms with Crippen molar-refractivity contribution >= 4 is 5.95 Å². The average molecular weight is 243 g/mol. The molecule has 3 N–H and O–H groups in total. The van der Waals surface area contributed by atoms with Crippen molar-refractivity contribution in [1.82, 2.24) is 9.97 Å². The van der Waals surface area contributed by atoms with E-state index in [1.54, 1.807) is 7.11 Å². The fourth-order valence-electron chi connectivity index (χ4n) is 2.49. The molecule has 5 heteroatoms. The quantitative estimate of drug-likeness (QED) is 0.786. The van der Waals surface area contributed by atoms with E-state index in [-0.39, 0.29) is 11.5 Å². The number of aromatic nitrogens is 2. The van der Waals surface area contributed by atoms with Gasteiger partial charge in [-0.05, 0) is 24.5 Å². The highest BCUT2D eigenvalue weighted by Crippen LogP contribution is 2.35. The minimum absolute atomic E-state index is 0.171. The number of nitrogens with zero attached hydrogens (tertiary/aromatic N) is 1. The maximum absolute atomic E-state index is 12.0. The summed E-state index contributed by atoms with van der Waals surface area (Å²) in [5, 5.41) is 0. The van der Waals surface area contributed by atoms with Crippen LogP contribution in [0, 0.1) is 0 Å². The Bertz CT molecular complexity index is 676. The Morgan fingerprint density at radius 3 is 3.00 bits per heavy atom. The molecule has 2 aromatic rings. The van der Waals surface area contributed by atoms with Crippen molar-refractivity contribution in [2.45, 2.75) is 12.8 Å². The monoisotopic (exact) mass is 243 g/mol. The van der Waals surface area contributed by atoms with Crippen LogP contribution in [0.3, 0.4) is 0 Å². The number of anilines is 1. The molecule has 1 aromatic heterocycles. The summed E-state index contributed by atoms with van der Waals surface area (Å²) in [7, 11) is 1.64. The molecule has 5 nitrogen and oxygen atoms in total. The number of aromatic amines is 1. The zero-order chi connectivity index (χ0) is 12.7. The lowest BCUT2D eigenvalue weighted by molar-refractivity contribution is 0.409. The number of hydrogen-bond acceptors (Lipinski definition) is 4. The molecule has 18 heavy (non-hydrogen) atoms. The molecular formula is C13H13N3O2. The number of aryl methyl sites for hydroxylation is 1. The van der Waals surface area contributed by atoms with Gasteiger partial charge in [0, 0.05) is 5.56 Å². The van der Waals surface area contributed by atoms with Crippen molar-refractivity contribution in [2.24, 2.45) is 0 Å². The predicted molar refractivity (Wildman–Crippen MR) is 68.7 cm³/mol. The highest BCUT2D eigenvalue weighted by molar-refractivity contribution is 5.73. The topological polar surface area (TPSA) is 81.0 Å². The maximum Gasteiger partial charge on any atom is 0.260 e. The largest absolute Gasteiger partial charge is 0.496 e. The Morgan fingerprint density at radius 1 is 1.39 bits per heavy atom. The van der Waals surface area contributed by atoms with Crippen LogP contribution in [0.25, 0.3) is 11.1 Å². The summed E-state index contributed by atoms with van der Waals surface area (Å²) in [6, 6.07) is 5.70. The number of fused-ring (bicyclic) bond motifs is 3. The van der Waals surface area contributed by atoms with Gasteiger partial charge in [0.2, 0.25) is 5.95 Å². The Morgan fingerprint density at radius 2 is 2.22 bits per heavy atom. The van der Waals surface area contributed by atoms with Crippen molar-refractivity contribution in [3.63, 3.8) is 0 Å². The molecule has 1 heterocycles. The van der Waals surface area contributed by atoms with E-state index in [1.807, 2.05) is 18.2 Å². The van der Waals surface area contributed by atoms with E-state index in [9.17, 15) is 4.79 Å². The summed E-state index contributed by atoms with van der Waals surface area (Å²) >= 11 is 0. The van der Waals surface area contributed by atoms with Crippen LogP contribution in [0.15, 0.2) is 23.0 Å². The molecule has 0 spiro atoms. The summed E-state index contributed by atoms with van der Waals surface area (Å²) in [5.74, 6) is 0.986. The van der Waals surface area contributed by atoms with E-state index in [0.29, 0.717) is 12.0 Å².